The van der Waals surface area contributed by atoms with Crippen molar-refractivity contribution in [1.82, 2.24) is 9.78 Å². The smallest absolute Gasteiger partial charge is 0.306 e. The van der Waals surface area contributed by atoms with Crippen molar-refractivity contribution >= 4 is 11.4 Å². The van der Waals surface area contributed by atoms with Gasteiger partial charge in [-0.25, -0.2) is 0 Å². The molecule has 0 bridgehead atoms. The van der Waals surface area contributed by atoms with E-state index in [1.807, 2.05) is 12.1 Å². The number of para-hydroxylation sites is 1. The molecule has 0 amide bonds. The highest BCUT2D eigenvalue weighted by atomic mass is 16.6. The first-order valence-corrected chi connectivity index (χ1v) is 7.74. The summed E-state index contributed by atoms with van der Waals surface area (Å²) in [6, 6.07) is 8.60. The van der Waals surface area contributed by atoms with Gasteiger partial charge in [0.05, 0.1) is 17.6 Å². The number of aromatic nitrogens is 2. The van der Waals surface area contributed by atoms with Gasteiger partial charge in [-0.2, -0.15) is 5.10 Å². The fraction of sp³-hybridized carbons (Fsp3) is 0.438. The van der Waals surface area contributed by atoms with Crippen LogP contribution in [0.5, 0.6) is 0 Å². The number of aliphatic hydroxyl groups is 1. The molecule has 1 aliphatic rings. The molecule has 0 saturated heterocycles. The summed E-state index contributed by atoms with van der Waals surface area (Å²) in [7, 11) is 0. The van der Waals surface area contributed by atoms with Crippen molar-refractivity contribution in [3.8, 4) is 0 Å². The summed E-state index contributed by atoms with van der Waals surface area (Å²) in [4.78, 5) is 12.4. The molecular formula is C16H20N4O3. The van der Waals surface area contributed by atoms with Gasteiger partial charge in [0.2, 0.25) is 0 Å². The predicted molar refractivity (Wildman–Crippen MR) is 86.5 cm³/mol. The van der Waals surface area contributed by atoms with Crippen molar-refractivity contribution in [3.63, 3.8) is 0 Å². The van der Waals surface area contributed by atoms with Gasteiger partial charge in [-0.3, -0.25) is 14.8 Å². The minimum atomic E-state index is -0.650. The molecule has 1 N–H and O–H groups in total. The number of nitrogens with zero attached hydrogens (tertiary/aromatic N) is 4. The monoisotopic (exact) mass is 316 g/mol. The molecule has 1 aromatic heterocycles. The molecule has 0 fully saturated rings. The summed E-state index contributed by atoms with van der Waals surface area (Å²) in [5.41, 5.74) is 2.40. The Morgan fingerprint density at radius 2 is 2.22 bits per heavy atom. The van der Waals surface area contributed by atoms with Gasteiger partial charge in [-0.1, -0.05) is 18.2 Å². The van der Waals surface area contributed by atoms with Gasteiger partial charge in [0.25, 0.3) is 0 Å². The molecule has 0 radical (unpaired) electrons. The minimum Gasteiger partial charge on any atom is -0.389 e. The van der Waals surface area contributed by atoms with Crippen LogP contribution in [0, 0.1) is 10.1 Å². The van der Waals surface area contributed by atoms with Gasteiger partial charge >= 0.3 is 5.69 Å². The molecule has 2 atom stereocenters. The number of aliphatic hydroxyl groups excluding tert-OH is 1. The van der Waals surface area contributed by atoms with Crippen molar-refractivity contribution in [3.05, 3.63) is 52.3 Å². The topological polar surface area (TPSA) is 84.4 Å². The van der Waals surface area contributed by atoms with Crippen LogP contribution < -0.4 is 4.90 Å². The van der Waals surface area contributed by atoms with Crippen molar-refractivity contribution < 1.29 is 10.0 Å². The lowest BCUT2D eigenvalue weighted by Crippen LogP contribution is -2.43. The lowest BCUT2D eigenvalue weighted by molar-refractivity contribution is -0.385. The number of benzene rings is 1. The molecule has 0 aliphatic carbocycles. The number of anilines is 1. The van der Waals surface area contributed by atoms with E-state index in [9.17, 15) is 15.2 Å². The van der Waals surface area contributed by atoms with Crippen LogP contribution >= 0.6 is 0 Å². The minimum absolute atomic E-state index is 0.0612. The first kappa shape index (κ1) is 15.5. The van der Waals surface area contributed by atoms with Crippen LogP contribution in [0.15, 0.2) is 36.7 Å². The number of fused-ring (bicyclic) bond motifs is 1. The first-order valence-electron chi connectivity index (χ1n) is 7.74. The summed E-state index contributed by atoms with van der Waals surface area (Å²) in [5.74, 6) is 0. The molecular weight excluding hydrogens is 296 g/mol. The molecule has 1 aliphatic heterocycles. The summed E-state index contributed by atoms with van der Waals surface area (Å²) < 4.78 is 1.42. The molecule has 2 heterocycles. The number of β-amino-alcohol motifs (C(OH)–C–C–N with tert-alkyl or cyclic N) is 1. The molecule has 3 rings (SSSR count). The van der Waals surface area contributed by atoms with E-state index in [1.54, 1.807) is 0 Å². The lowest BCUT2D eigenvalue weighted by Gasteiger charge is -2.38. The standard InChI is InChI=1S/C16H20N4O3/c1-12-6-7-13-4-2-3-5-16(13)19(12)11-15(21)10-18-9-14(8-17-18)20(22)23/h2-5,8-9,12,15,21H,6-7,10-11H2,1H3. The Bertz CT molecular complexity index is 700. The number of nitro groups is 1. The van der Waals surface area contributed by atoms with Gasteiger partial charge < -0.3 is 10.0 Å². The Morgan fingerprint density at radius 3 is 2.96 bits per heavy atom. The van der Waals surface area contributed by atoms with E-state index in [0.29, 0.717) is 12.6 Å². The summed E-state index contributed by atoms with van der Waals surface area (Å²) in [6.45, 7) is 2.87. The Balaban J connectivity index is 1.69. The number of hydrogen-bond acceptors (Lipinski definition) is 5. The van der Waals surface area contributed by atoms with Gasteiger partial charge in [-0.05, 0) is 31.4 Å². The Labute approximate surface area is 134 Å². The summed E-state index contributed by atoms with van der Waals surface area (Å²) in [6.07, 6.45) is 4.00. The van der Waals surface area contributed by atoms with Crippen LogP contribution in [0.25, 0.3) is 0 Å². The van der Waals surface area contributed by atoms with Crippen molar-refractivity contribution in [2.24, 2.45) is 0 Å². The van der Waals surface area contributed by atoms with Gasteiger partial charge in [0.1, 0.15) is 12.4 Å². The Kier molecular flexibility index (Phi) is 4.29. The van der Waals surface area contributed by atoms with Crippen LogP contribution in [0.4, 0.5) is 11.4 Å². The van der Waals surface area contributed by atoms with E-state index in [4.69, 9.17) is 0 Å². The normalized spacial score (nSPS) is 18.5. The molecule has 0 spiro atoms. The van der Waals surface area contributed by atoms with E-state index in [0.717, 1.165) is 18.5 Å². The highest BCUT2D eigenvalue weighted by molar-refractivity contribution is 5.56. The van der Waals surface area contributed by atoms with Crippen LogP contribution in [-0.4, -0.2) is 38.5 Å². The maximum Gasteiger partial charge on any atom is 0.306 e. The number of aryl methyl sites for hydroxylation is 1. The van der Waals surface area contributed by atoms with Crippen LogP contribution in [-0.2, 0) is 13.0 Å². The summed E-state index contributed by atoms with van der Waals surface area (Å²) in [5, 5.41) is 25.0. The van der Waals surface area contributed by atoms with E-state index >= 15 is 0 Å². The Hall–Kier alpha value is -2.41. The predicted octanol–water partition coefficient (Wildman–Crippen LogP) is 1.99. The van der Waals surface area contributed by atoms with Crippen molar-refractivity contribution in [2.45, 2.75) is 38.5 Å². The van der Waals surface area contributed by atoms with E-state index < -0.39 is 11.0 Å². The van der Waals surface area contributed by atoms with Crippen LogP contribution in [0.2, 0.25) is 0 Å². The number of rotatable bonds is 5. The quantitative estimate of drug-likeness (QED) is 0.673. The molecule has 7 nitrogen and oxygen atoms in total. The van der Waals surface area contributed by atoms with E-state index in [2.05, 4.69) is 29.1 Å². The second-order valence-corrected chi connectivity index (χ2v) is 6.00. The third-order valence-electron chi connectivity index (χ3n) is 4.30. The van der Waals surface area contributed by atoms with E-state index in [-0.39, 0.29) is 12.2 Å². The van der Waals surface area contributed by atoms with Crippen LogP contribution in [0.3, 0.4) is 0 Å². The maximum absolute atomic E-state index is 10.7. The van der Waals surface area contributed by atoms with Gasteiger partial charge in [0, 0.05) is 18.3 Å². The molecule has 23 heavy (non-hydrogen) atoms. The zero-order valence-corrected chi connectivity index (χ0v) is 13.0. The molecule has 2 unspecified atom stereocenters. The zero-order chi connectivity index (χ0) is 16.4. The average molecular weight is 316 g/mol. The fourth-order valence-electron chi connectivity index (χ4n) is 3.09. The van der Waals surface area contributed by atoms with Crippen LogP contribution in [0.1, 0.15) is 18.9 Å². The second kappa shape index (κ2) is 6.37. The van der Waals surface area contributed by atoms with Gasteiger partial charge in [-0.15, -0.1) is 0 Å². The average Bonchev–Trinajstić information content (AvgIpc) is 2.99. The lowest BCUT2D eigenvalue weighted by atomic mass is 9.96. The molecule has 2 aromatic rings. The van der Waals surface area contributed by atoms with Crippen molar-refractivity contribution in [1.29, 1.82) is 0 Å². The largest absolute Gasteiger partial charge is 0.389 e. The highest BCUT2D eigenvalue weighted by Crippen LogP contribution is 2.30. The second-order valence-electron chi connectivity index (χ2n) is 6.00. The van der Waals surface area contributed by atoms with Crippen molar-refractivity contribution in [2.75, 3.05) is 11.4 Å². The molecule has 122 valence electrons. The van der Waals surface area contributed by atoms with E-state index in [1.165, 1.54) is 22.6 Å². The summed E-state index contributed by atoms with van der Waals surface area (Å²) >= 11 is 0. The zero-order valence-electron chi connectivity index (χ0n) is 13.0. The highest BCUT2D eigenvalue weighted by Gasteiger charge is 2.25. The fourth-order valence-corrected chi connectivity index (χ4v) is 3.09. The molecule has 1 aromatic carbocycles. The molecule has 7 heteroatoms. The number of hydrogen-bond donors (Lipinski definition) is 1. The SMILES string of the molecule is CC1CCc2ccccc2N1CC(O)Cn1cc([N+](=O)[O-])cn1. The molecule has 0 saturated carbocycles. The van der Waals surface area contributed by atoms with Gasteiger partial charge in [0.15, 0.2) is 0 Å². The maximum atomic E-state index is 10.7. The third-order valence-corrected chi connectivity index (χ3v) is 4.30. The Morgan fingerprint density at radius 1 is 1.43 bits per heavy atom. The third kappa shape index (κ3) is 3.34. The first-order chi connectivity index (χ1) is 11.0.